The molecule has 5 heteroatoms. The number of hydrogen-bond acceptors (Lipinski definition) is 2. The van der Waals surface area contributed by atoms with Crippen molar-refractivity contribution in [3.05, 3.63) is 89.5 Å². The van der Waals surface area contributed by atoms with Gasteiger partial charge in [-0.1, -0.05) is 6.07 Å². The molecule has 27 heavy (non-hydrogen) atoms. The van der Waals surface area contributed by atoms with E-state index in [1.165, 1.54) is 24.3 Å². The maximum Gasteiger partial charge on any atom is 0.168 e. The van der Waals surface area contributed by atoms with E-state index in [0.29, 0.717) is 11.6 Å². The Morgan fingerprint density at radius 3 is 1.44 bits per heavy atom. The van der Waals surface area contributed by atoms with Gasteiger partial charge in [0.05, 0.1) is 0 Å². The van der Waals surface area contributed by atoms with Crippen LogP contribution in [0.25, 0.3) is 28.5 Å². The molecule has 3 nitrogen and oxygen atoms in total. The summed E-state index contributed by atoms with van der Waals surface area (Å²) in [7, 11) is 0. The van der Waals surface area contributed by atoms with Gasteiger partial charge in [0.2, 0.25) is 0 Å². The molecule has 0 aliphatic carbocycles. The van der Waals surface area contributed by atoms with Crippen molar-refractivity contribution in [1.29, 1.82) is 0 Å². The van der Waals surface area contributed by atoms with Gasteiger partial charge >= 0.3 is 0 Å². The standard InChI is InChI=1S/C22H17F2N3/c1-14-11-15(2)13-20(12-14)27-21(16-3-7-18(23)8-4-16)25-26-22(27)17-5-9-19(24)10-6-17/h3-13H,1-2H3. The fourth-order valence-electron chi connectivity index (χ4n) is 3.18. The van der Waals surface area contributed by atoms with E-state index in [4.69, 9.17) is 0 Å². The predicted octanol–water partition coefficient (Wildman–Crippen LogP) is 5.50. The summed E-state index contributed by atoms with van der Waals surface area (Å²) in [5.41, 5.74) is 4.60. The zero-order valence-corrected chi connectivity index (χ0v) is 14.9. The zero-order chi connectivity index (χ0) is 19.0. The number of halogens is 2. The van der Waals surface area contributed by atoms with E-state index in [-0.39, 0.29) is 11.6 Å². The van der Waals surface area contributed by atoms with Crippen LogP contribution >= 0.6 is 0 Å². The lowest BCUT2D eigenvalue weighted by molar-refractivity contribution is 0.627. The molecule has 0 aliphatic rings. The van der Waals surface area contributed by atoms with Crippen molar-refractivity contribution in [2.45, 2.75) is 13.8 Å². The van der Waals surface area contributed by atoms with Crippen LogP contribution in [0.3, 0.4) is 0 Å². The van der Waals surface area contributed by atoms with Gasteiger partial charge in [0.25, 0.3) is 0 Å². The molecule has 0 unspecified atom stereocenters. The molecule has 0 N–H and O–H groups in total. The van der Waals surface area contributed by atoms with Crippen molar-refractivity contribution >= 4 is 0 Å². The van der Waals surface area contributed by atoms with Gasteiger partial charge in [0.15, 0.2) is 11.6 Å². The van der Waals surface area contributed by atoms with Crippen LogP contribution in [0.2, 0.25) is 0 Å². The smallest absolute Gasteiger partial charge is 0.168 e. The third-order valence-corrected chi connectivity index (χ3v) is 4.33. The van der Waals surface area contributed by atoms with E-state index in [0.717, 1.165) is 27.9 Å². The summed E-state index contributed by atoms with van der Waals surface area (Å²) in [5.74, 6) is 0.573. The molecule has 1 aromatic heterocycles. The highest BCUT2D eigenvalue weighted by molar-refractivity contribution is 5.67. The lowest BCUT2D eigenvalue weighted by Gasteiger charge is -2.13. The summed E-state index contributed by atoms with van der Waals surface area (Å²) >= 11 is 0. The molecule has 0 aliphatic heterocycles. The normalized spacial score (nSPS) is 11.0. The minimum atomic E-state index is -0.310. The summed E-state index contributed by atoms with van der Waals surface area (Å²) in [4.78, 5) is 0. The van der Waals surface area contributed by atoms with Crippen LogP contribution in [0.1, 0.15) is 11.1 Å². The molecule has 0 spiro atoms. The minimum Gasteiger partial charge on any atom is -0.275 e. The van der Waals surface area contributed by atoms with Crippen LogP contribution in [0.15, 0.2) is 66.7 Å². The molecule has 0 atom stereocenters. The second-order valence-electron chi connectivity index (χ2n) is 6.54. The average Bonchev–Trinajstić information content (AvgIpc) is 3.07. The van der Waals surface area contributed by atoms with Crippen molar-refractivity contribution in [3.8, 4) is 28.5 Å². The summed E-state index contributed by atoms with van der Waals surface area (Å²) in [6, 6.07) is 18.4. The van der Waals surface area contributed by atoms with Crippen molar-refractivity contribution < 1.29 is 8.78 Å². The van der Waals surface area contributed by atoms with E-state index >= 15 is 0 Å². The molecule has 4 aromatic rings. The van der Waals surface area contributed by atoms with Gasteiger partial charge in [-0.3, -0.25) is 4.57 Å². The van der Waals surface area contributed by atoms with Crippen molar-refractivity contribution in [3.63, 3.8) is 0 Å². The molecule has 134 valence electrons. The minimum absolute atomic E-state index is 0.310. The first-order valence-corrected chi connectivity index (χ1v) is 8.57. The van der Waals surface area contributed by atoms with Crippen LogP contribution in [0, 0.1) is 25.5 Å². The quantitative estimate of drug-likeness (QED) is 0.483. The van der Waals surface area contributed by atoms with E-state index in [2.05, 4.69) is 16.3 Å². The number of rotatable bonds is 3. The highest BCUT2D eigenvalue weighted by atomic mass is 19.1. The second-order valence-corrected chi connectivity index (χ2v) is 6.54. The first-order chi connectivity index (χ1) is 13.0. The van der Waals surface area contributed by atoms with Gasteiger partial charge in [-0.25, -0.2) is 8.78 Å². The molecule has 3 aromatic carbocycles. The fourth-order valence-corrected chi connectivity index (χ4v) is 3.18. The lowest BCUT2D eigenvalue weighted by atomic mass is 10.1. The summed E-state index contributed by atoms with van der Waals surface area (Å²) in [6.07, 6.45) is 0. The zero-order valence-electron chi connectivity index (χ0n) is 14.9. The number of aryl methyl sites for hydroxylation is 2. The molecule has 0 amide bonds. The van der Waals surface area contributed by atoms with Crippen LogP contribution in [-0.4, -0.2) is 14.8 Å². The summed E-state index contributed by atoms with van der Waals surface area (Å²) in [6.45, 7) is 4.05. The third-order valence-electron chi connectivity index (χ3n) is 4.33. The topological polar surface area (TPSA) is 30.7 Å². The van der Waals surface area contributed by atoms with Gasteiger partial charge in [-0.05, 0) is 85.6 Å². The predicted molar refractivity (Wildman–Crippen MR) is 102 cm³/mol. The number of aromatic nitrogens is 3. The Morgan fingerprint density at radius 2 is 1.04 bits per heavy atom. The molecule has 0 fully saturated rings. The van der Waals surface area contributed by atoms with Gasteiger partial charge < -0.3 is 0 Å². The first-order valence-electron chi connectivity index (χ1n) is 8.57. The monoisotopic (exact) mass is 361 g/mol. The van der Waals surface area contributed by atoms with Gasteiger partial charge in [-0.2, -0.15) is 0 Å². The van der Waals surface area contributed by atoms with E-state index in [9.17, 15) is 8.78 Å². The average molecular weight is 361 g/mol. The van der Waals surface area contributed by atoms with E-state index < -0.39 is 0 Å². The van der Waals surface area contributed by atoms with E-state index in [1.807, 2.05) is 30.5 Å². The third kappa shape index (κ3) is 3.36. The van der Waals surface area contributed by atoms with Crippen molar-refractivity contribution in [1.82, 2.24) is 14.8 Å². The number of benzene rings is 3. The lowest BCUT2D eigenvalue weighted by Crippen LogP contribution is -2.01. The van der Waals surface area contributed by atoms with Gasteiger partial charge in [-0.15, -0.1) is 10.2 Å². The van der Waals surface area contributed by atoms with Crippen LogP contribution in [0.5, 0.6) is 0 Å². The number of nitrogens with zero attached hydrogens (tertiary/aromatic N) is 3. The fraction of sp³-hybridized carbons (Fsp3) is 0.0909. The van der Waals surface area contributed by atoms with Crippen LogP contribution in [0.4, 0.5) is 8.78 Å². The molecule has 0 bridgehead atoms. The van der Waals surface area contributed by atoms with Gasteiger partial charge in [0, 0.05) is 16.8 Å². The van der Waals surface area contributed by atoms with Crippen molar-refractivity contribution in [2.75, 3.05) is 0 Å². The summed E-state index contributed by atoms with van der Waals surface area (Å²) in [5, 5.41) is 8.69. The molecule has 0 saturated carbocycles. The Labute approximate surface area is 155 Å². The molecule has 1 heterocycles. The molecule has 0 saturated heterocycles. The van der Waals surface area contributed by atoms with Crippen LogP contribution in [-0.2, 0) is 0 Å². The van der Waals surface area contributed by atoms with E-state index in [1.54, 1.807) is 24.3 Å². The maximum atomic E-state index is 13.4. The largest absolute Gasteiger partial charge is 0.275 e. The summed E-state index contributed by atoms with van der Waals surface area (Å²) < 4.78 is 28.6. The molecular weight excluding hydrogens is 344 g/mol. The van der Waals surface area contributed by atoms with Gasteiger partial charge in [0.1, 0.15) is 11.6 Å². The highest BCUT2D eigenvalue weighted by Gasteiger charge is 2.17. The first kappa shape index (κ1) is 17.1. The van der Waals surface area contributed by atoms with Crippen LogP contribution < -0.4 is 0 Å². The highest BCUT2D eigenvalue weighted by Crippen LogP contribution is 2.29. The maximum absolute atomic E-state index is 13.4. The Morgan fingerprint density at radius 1 is 0.630 bits per heavy atom. The second kappa shape index (κ2) is 6.76. The SMILES string of the molecule is Cc1cc(C)cc(-n2c(-c3ccc(F)cc3)nnc2-c2ccc(F)cc2)c1. The molecular formula is C22H17F2N3. The Bertz CT molecular complexity index is 1010. The number of hydrogen-bond donors (Lipinski definition) is 0. The molecule has 4 rings (SSSR count). The Hall–Kier alpha value is -3.34. The van der Waals surface area contributed by atoms with Crippen molar-refractivity contribution in [2.24, 2.45) is 0 Å². The Kier molecular flexibility index (Phi) is 4.28. The Balaban J connectivity index is 1.97. The molecule has 0 radical (unpaired) electrons.